The molecule has 0 fully saturated rings. The van der Waals surface area contributed by atoms with Gasteiger partial charge in [0.2, 0.25) is 0 Å². The molecule has 0 atom stereocenters. The van der Waals surface area contributed by atoms with Gasteiger partial charge in [-0.25, -0.2) is 0 Å². The summed E-state index contributed by atoms with van der Waals surface area (Å²) >= 11 is 0. The average molecular weight is 269 g/mol. The molecule has 104 valence electrons. The highest BCUT2D eigenvalue weighted by Crippen LogP contribution is 2.35. The van der Waals surface area contributed by atoms with Crippen LogP contribution in [0.25, 0.3) is 11.1 Å². The lowest BCUT2D eigenvalue weighted by Crippen LogP contribution is -2.22. The van der Waals surface area contributed by atoms with Gasteiger partial charge in [0, 0.05) is 19.7 Å². The van der Waals surface area contributed by atoms with Gasteiger partial charge in [-0.1, -0.05) is 36.4 Å². The number of methoxy groups -OCH3 is 1. The minimum atomic E-state index is -0.0581. The van der Waals surface area contributed by atoms with Crippen LogP contribution >= 0.6 is 0 Å². The number of hydrogen-bond donors (Lipinski definition) is 0. The maximum absolute atomic E-state index is 12.2. The Morgan fingerprint density at radius 3 is 2.25 bits per heavy atom. The number of ether oxygens (including phenoxy) is 1. The van der Waals surface area contributed by atoms with Crippen LogP contribution in [0.4, 0.5) is 0 Å². The second kappa shape index (κ2) is 5.78. The van der Waals surface area contributed by atoms with Crippen LogP contribution in [0.1, 0.15) is 15.9 Å². The molecule has 20 heavy (non-hydrogen) atoms. The van der Waals surface area contributed by atoms with Gasteiger partial charge < -0.3 is 9.64 Å². The summed E-state index contributed by atoms with van der Waals surface area (Å²) in [6, 6.07) is 13.7. The van der Waals surface area contributed by atoms with Crippen molar-refractivity contribution in [3.8, 4) is 16.9 Å². The highest BCUT2D eigenvalue weighted by Gasteiger charge is 2.18. The Labute approximate surface area is 119 Å². The molecule has 2 aromatic carbocycles. The smallest absolute Gasteiger partial charge is 0.257 e. The monoisotopic (exact) mass is 269 g/mol. The van der Waals surface area contributed by atoms with Crippen molar-refractivity contribution >= 4 is 5.91 Å². The topological polar surface area (TPSA) is 29.5 Å². The molecule has 0 unspecified atom stereocenters. The fourth-order valence-electron chi connectivity index (χ4n) is 2.25. The van der Waals surface area contributed by atoms with Crippen molar-refractivity contribution in [2.24, 2.45) is 0 Å². The van der Waals surface area contributed by atoms with Gasteiger partial charge in [-0.3, -0.25) is 4.79 Å². The van der Waals surface area contributed by atoms with E-state index in [0.29, 0.717) is 11.3 Å². The first kappa shape index (κ1) is 14.1. The Balaban J connectivity index is 2.64. The molecule has 0 heterocycles. The fourth-order valence-corrected chi connectivity index (χ4v) is 2.25. The molecule has 0 aliphatic carbocycles. The summed E-state index contributed by atoms with van der Waals surface area (Å²) < 4.78 is 5.51. The number of rotatable bonds is 3. The van der Waals surface area contributed by atoms with Gasteiger partial charge in [0.15, 0.2) is 0 Å². The van der Waals surface area contributed by atoms with Crippen LogP contribution in [0.3, 0.4) is 0 Å². The highest BCUT2D eigenvalue weighted by atomic mass is 16.5. The summed E-state index contributed by atoms with van der Waals surface area (Å²) in [6.45, 7) is 2.05. The van der Waals surface area contributed by atoms with E-state index in [1.54, 1.807) is 32.2 Å². The minimum Gasteiger partial charge on any atom is -0.495 e. The molecule has 3 nitrogen and oxygen atoms in total. The van der Waals surface area contributed by atoms with E-state index in [2.05, 4.69) is 13.0 Å². The van der Waals surface area contributed by atoms with E-state index in [0.717, 1.165) is 16.7 Å². The van der Waals surface area contributed by atoms with Crippen molar-refractivity contribution < 1.29 is 9.53 Å². The molecule has 0 saturated heterocycles. The third-order valence-electron chi connectivity index (χ3n) is 3.29. The molecule has 0 aliphatic rings. The molecular formula is C17H19NO2. The van der Waals surface area contributed by atoms with Crippen LogP contribution in [-0.2, 0) is 0 Å². The number of aryl methyl sites for hydroxylation is 1. The Hall–Kier alpha value is -2.29. The maximum Gasteiger partial charge on any atom is 0.257 e. The minimum absolute atomic E-state index is 0.0581. The lowest BCUT2D eigenvalue weighted by atomic mass is 9.97. The summed E-state index contributed by atoms with van der Waals surface area (Å²) in [5, 5.41) is 0. The lowest BCUT2D eigenvalue weighted by Gasteiger charge is -2.17. The van der Waals surface area contributed by atoms with E-state index < -0.39 is 0 Å². The van der Waals surface area contributed by atoms with Gasteiger partial charge in [0.1, 0.15) is 5.75 Å². The quantitative estimate of drug-likeness (QED) is 0.855. The first-order valence-electron chi connectivity index (χ1n) is 6.51. The number of nitrogens with zero attached hydrogens (tertiary/aromatic N) is 1. The van der Waals surface area contributed by atoms with Crippen molar-refractivity contribution in [1.29, 1.82) is 0 Å². The number of amides is 1. The zero-order valence-corrected chi connectivity index (χ0v) is 12.3. The average Bonchev–Trinajstić information content (AvgIpc) is 2.46. The van der Waals surface area contributed by atoms with Crippen LogP contribution in [0.15, 0.2) is 42.5 Å². The maximum atomic E-state index is 12.2. The Kier molecular flexibility index (Phi) is 4.08. The van der Waals surface area contributed by atoms with Crippen molar-refractivity contribution in [2.45, 2.75) is 6.92 Å². The summed E-state index contributed by atoms with van der Waals surface area (Å²) in [5.41, 5.74) is 3.76. The molecule has 0 N–H and O–H groups in total. The van der Waals surface area contributed by atoms with Crippen molar-refractivity contribution in [3.05, 3.63) is 53.6 Å². The SMILES string of the molecule is COc1c(C(=O)N(C)C)cccc1-c1ccccc1C. The van der Waals surface area contributed by atoms with E-state index in [4.69, 9.17) is 4.74 Å². The predicted molar refractivity (Wildman–Crippen MR) is 81.2 cm³/mol. The molecular weight excluding hydrogens is 250 g/mol. The third-order valence-corrected chi connectivity index (χ3v) is 3.29. The first-order valence-corrected chi connectivity index (χ1v) is 6.51. The van der Waals surface area contributed by atoms with Crippen LogP contribution in [0, 0.1) is 6.92 Å². The lowest BCUT2D eigenvalue weighted by molar-refractivity contribution is 0.0824. The molecule has 0 saturated carbocycles. The molecule has 3 heteroatoms. The zero-order valence-electron chi connectivity index (χ0n) is 12.3. The standard InChI is InChI=1S/C17H19NO2/c1-12-8-5-6-9-13(12)14-10-7-11-15(16(14)20-4)17(19)18(2)3/h5-11H,1-4H3. The normalized spacial score (nSPS) is 10.2. The van der Waals surface area contributed by atoms with Gasteiger partial charge in [0.05, 0.1) is 12.7 Å². The summed E-state index contributed by atoms with van der Waals surface area (Å²) in [7, 11) is 5.08. The van der Waals surface area contributed by atoms with Gasteiger partial charge in [-0.05, 0) is 24.1 Å². The molecule has 2 aromatic rings. The summed E-state index contributed by atoms with van der Waals surface area (Å²) in [6.07, 6.45) is 0. The van der Waals surface area contributed by atoms with Gasteiger partial charge in [-0.2, -0.15) is 0 Å². The molecule has 0 aromatic heterocycles. The number of para-hydroxylation sites is 1. The first-order chi connectivity index (χ1) is 9.56. The summed E-state index contributed by atoms with van der Waals surface area (Å²) in [4.78, 5) is 13.8. The number of carbonyl (C=O) groups is 1. The third kappa shape index (κ3) is 2.52. The van der Waals surface area contributed by atoms with Gasteiger partial charge in [-0.15, -0.1) is 0 Å². The second-order valence-electron chi connectivity index (χ2n) is 4.90. The molecule has 1 amide bonds. The Morgan fingerprint density at radius 1 is 1.00 bits per heavy atom. The van der Waals surface area contributed by atoms with E-state index in [-0.39, 0.29) is 5.91 Å². The molecule has 0 bridgehead atoms. The zero-order chi connectivity index (χ0) is 14.7. The highest BCUT2D eigenvalue weighted by molar-refractivity contribution is 5.99. The van der Waals surface area contributed by atoms with Crippen LogP contribution in [-0.4, -0.2) is 32.0 Å². The van der Waals surface area contributed by atoms with E-state index >= 15 is 0 Å². The van der Waals surface area contributed by atoms with Gasteiger partial charge >= 0.3 is 0 Å². The van der Waals surface area contributed by atoms with E-state index in [1.165, 1.54) is 0 Å². The second-order valence-corrected chi connectivity index (χ2v) is 4.90. The molecule has 2 rings (SSSR count). The Bertz CT molecular complexity index is 633. The largest absolute Gasteiger partial charge is 0.495 e. The molecule has 0 spiro atoms. The number of hydrogen-bond acceptors (Lipinski definition) is 2. The molecule has 0 radical (unpaired) electrons. The number of carbonyl (C=O) groups excluding carboxylic acids is 1. The van der Waals surface area contributed by atoms with Gasteiger partial charge in [0.25, 0.3) is 5.91 Å². The van der Waals surface area contributed by atoms with Crippen LogP contribution in [0.5, 0.6) is 5.75 Å². The van der Waals surface area contributed by atoms with Crippen molar-refractivity contribution in [2.75, 3.05) is 21.2 Å². The van der Waals surface area contributed by atoms with Crippen LogP contribution < -0.4 is 4.74 Å². The van der Waals surface area contributed by atoms with Crippen LogP contribution in [0.2, 0.25) is 0 Å². The number of benzene rings is 2. The van der Waals surface area contributed by atoms with E-state index in [1.807, 2.05) is 30.3 Å². The van der Waals surface area contributed by atoms with Crippen molar-refractivity contribution in [1.82, 2.24) is 4.90 Å². The summed E-state index contributed by atoms with van der Waals surface area (Å²) in [5.74, 6) is 0.567. The van der Waals surface area contributed by atoms with Crippen molar-refractivity contribution in [3.63, 3.8) is 0 Å². The Morgan fingerprint density at radius 2 is 1.65 bits per heavy atom. The van der Waals surface area contributed by atoms with E-state index in [9.17, 15) is 4.79 Å². The molecule has 0 aliphatic heterocycles. The fraction of sp³-hybridized carbons (Fsp3) is 0.235. The predicted octanol–water partition coefficient (Wildman–Crippen LogP) is 3.37.